The zero-order chi connectivity index (χ0) is 15.0. The van der Waals surface area contributed by atoms with E-state index in [4.69, 9.17) is 4.74 Å². The Bertz CT molecular complexity index is 401. The molecule has 1 unspecified atom stereocenters. The first-order valence-electron chi connectivity index (χ1n) is 7.16. The van der Waals surface area contributed by atoms with Gasteiger partial charge < -0.3 is 15.0 Å². The number of likely N-dealkylation sites (N-methyl/N-ethyl adjacent to an activating group) is 1. The Kier molecular flexibility index (Phi) is 7.26. The van der Waals surface area contributed by atoms with E-state index in [1.807, 2.05) is 19.1 Å². The molecule has 0 aliphatic rings. The number of rotatable bonds is 8. The molecule has 1 aromatic rings. The van der Waals surface area contributed by atoms with Crippen molar-refractivity contribution in [2.45, 2.75) is 25.8 Å². The van der Waals surface area contributed by atoms with Gasteiger partial charge in [-0.1, -0.05) is 24.3 Å². The molecular weight excluding hydrogens is 252 g/mol. The highest BCUT2D eigenvalue weighted by Gasteiger charge is 2.19. The molecule has 112 valence electrons. The number of ether oxygens (including phenoxy) is 1. The van der Waals surface area contributed by atoms with E-state index in [2.05, 4.69) is 36.4 Å². The van der Waals surface area contributed by atoms with E-state index in [-0.39, 0.29) is 12.0 Å². The van der Waals surface area contributed by atoms with E-state index >= 15 is 0 Å². The van der Waals surface area contributed by atoms with Gasteiger partial charge in [0, 0.05) is 0 Å². The second-order valence-electron chi connectivity index (χ2n) is 5.12. The van der Waals surface area contributed by atoms with E-state index in [0.717, 1.165) is 24.9 Å². The molecular formula is C16H26N2O2. The van der Waals surface area contributed by atoms with Gasteiger partial charge >= 0.3 is 5.97 Å². The number of carbonyl (C=O) groups is 1. The second-order valence-corrected chi connectivity index (χ2v) is 5.12. The summed E-state index contributed by atoms with van der Waals surface area (Å²) in [5.74, 6) is -0.227. The summed E-state index contributed by atoms with van der Waals surface area (Å²) in [5, 5.41) is 3.00. The minimum absolute atomic E-state index is 0.227. The average molecular weight is 278 g/mol. The zero-order valence-corrected chi connectivity index (χ0v) is 13.0. The van der Waals surface area contributed by atoms with E-state index in [1.165, 1.54) is 5.56 Å². The lowest BCUT2D eigenvalue weighted by Gasteiger charge is -2.15. The van der Waals surface area contributed by atoms with Gasteiger partial charge in [-0.3, -0.25) is 0 Å². The van der Waals surface area contributed by atoms with Crippen molar-refractivity contribution in [3.8, 4) is 0 Å². The molecule has 0 saturated heterocycles. The Morgan fingerprint density at radius 2 is 1.95 bits per heavy atom. The van der Waals surface area contributed by atoms with Crippen LogP contribution in [0.15, 0.2) is 24.3 Å². The zero-order valence-electron chi connectivity index (χ0n) is 13.0. The quantitative estimate of drug-likeness (QED) is 0.739. The van der Waals surface area contributed by atoms with E-state index in [9.17, 15) is 4.79 Å². The summed E-state index contributed by atoms with van der Waals surface area (Å²) in [4.78, 5) is 14.0. The third-order valence-electron chi connectivity index (χ3n) is 3.19. The fourth-order valence-electron chi connectivity index (χ4n) is 2.12. The first-order valence-corrected chi connectivity index (χ1v) is 7.16. The fourth-order valence-corrected chi connectivity index (χ4v) is 2.12. The highest BCUT2D eigenvalue weighted by atomic mass is 16.5. The van der Waals surface area contributed by atoms with Gasteiger partial charge in [0.2, 0.25) is 0 Å². The molecule has 0 bridgehead atoms. The molecule has 20 heavy (non-hydrogen) atoms. The Balaban J connectivity index is 2.62. The van der Waals surface area contributed by atoms with Crippen LogP contribution in [0.25, 0.3) is 0 Å². The summed E-state index contributed by atoms with van der Waals surface area (Å²) >= 11 is 0. The summed E-state index contributed by atoms with van der Waals surface area (Å²) in [6, 6.07) is 7.81. The van der Waals surface area contributed by atoms with Crippen LogP contribution in [0.5, 0.6) is 0 Å². The van der Waals surface area contributed by atoms with Crippen molar-refractivity contribution in [1.82, 2.24) is 10.2 Å². The van der Waals surface area contributed by atoms with Crippen molar-refractivity contribution in [3.05, 3.63) is 35.4 Å². The van der Waals surface area contributed by atoms with Crippen molar-refractivity contribution >= 4 is 5.97 Å². The minimum Gasteiger partial charge on any atom is -0.465 e. The van der Waals surface area contributed by atoms with Gasteiger partial charge in [-0.25, -0.2) is 4.79 Å². The third-order valence-corrected chi connectivity index (χ3v) is 3.19. The number of benzene rings is 1. The molecule has 0 saturated carbocycles. The first-order chi connectivity index (χ1) is 9.58. The smallest absolute Gasteiger partial charge is 0.327 e. The first kappa shape index (κ1) is 16.7. The molecule has 0 aliphatic heterocycles. The number of nitrogens with zero attached hydrogens (tertiary/aromatic N) is 1. The number of hydrogen-bond acceptors (Lipinski definition) is 4. The third kappa shape index (κ3) is 5.31. The standard InChI is InChI=1S/C16H26N2O2/c1-5-20-16(19)15(17-2)14-10-8-13(9-11-14)7-6-12-18(3)4/h8-11,15,17H,5-7,12H2,1-4H3. The van der Waals surface area contributed by atoms with Crippen LogP contribution in [-0.4, -0.2) is 45.2 Å². The van der Waals surface area contributed by atoms with Gasteiger partial charge in [-0.15, -0.1) is 0 Å². The number of aryl methyl sites for hydroxylation is 1. The SMILES string of the molecule is CCOC(=O)C(NC)c1ccc(CCCN(C)C)cc1. The number of nitrogens with one attached hydrogen (secondary N) is 1. The maximum absolute atomic E-state index is 11.8. The van der Waals surface area contributed by atoms with E-state index < -0.39 is 0 Å². The lowest BCUT2D eigenvalue weighted by molar-refractivity contribution is -0.145. The molecule has 4 nitrogen and oxygen atoms in total. The summed E-state index contributed by atoms with van der Waals surface area (Å²) in [5.41, 5.74) is 2.25. The molecule has 0 aromatic heterocycles. The molecule has 0 amide bonds. The molecule has 1 N–H and O–H groups in total. The minimum atomic E-state index is -0.384. The topological polar surface area (TPSA) is 41.6 Å². The summed E-state index contributed by atoms with van der Waals surface area (Å²) in [7, 11) is 5.94. The predicted molar refractivity (Wildman–Crippen MR) is 81.8 cm³/mol. The van der Waals surface area contributed by atoms with Crippen LogP contribution in [0.1, 0.15) is 30.5 Å². The van der Waals surface area contributed by atoms with E-state index in [1.54, 1.807) is 7.05 Å². The molecule has 4 heteroatoms. The lowest BCUT2D eigenvalue weighted by Crippen LogP contribution is -2.27. The molecule has 0 spiro atoms. The van der Waals surface area contributed by atoms with Crippen molar-refractivity contribution in [3.63, 3.8) is 0 Å². The van der Waals surface area contributed by atoms with Crippen molar-refractivity contribution in [2.24, 2.45) is 0 Å². The Hall–Kier alpha value is -1.39. The van der Waals surface area contributed by atoms with Crippen LogP contribution in [0, 0.1) is 0 Å². The number of esters is 1. The summed E-state index contributed by atoms with van der Waals surface area (Å²) in [6.07, 6.45) is 2.20. The highest BCUT2D eigenvalue weighted by Crippen LogP contribution is 2.16. The van der Waals surface area contributed by atoms with Crippen LogP contribution >= 0.6 is 0 Å². The van der Waals surface area contributed by atoms with Gasteiger partial charge in [-0.05, 0) is 58.6 Å². The number of carbonyl (C=O) groups excluding carboxylic acids is 1. The fraction of sp³-hybridized carbons (Fsp3) is 0.562. The summed E-state index contributed by atoms with van der Waals surface area (Å²) in [6.45, 7) is 3.31. The molecule has 1 rings (SSSR count). The maximum atomic E-state index is 11.8. The molecule has 0 radical (unpaired) electrons. The molecule has 0 aliphatic carbocycles. The summed E-state index contributed by atoms with van der Waals surface area (Å²) < 4.78 is 5.06. The van der Waals surface area contributed by atoms with Crippen LogP contribution in [0.4, 0.5) is 0 Å². The monoisotopic (exact) mass is 278 g/mol. The van der Waals surface area contributed by atoms with Crippen LogP contribution in [0.3, 0.4) is 0 Å². The van der Waals surface area contributed by atoms with Crippen LogP contribution in [-0.2, 0) is 16.0 Å². The van der Waals surface area contributed by atoms with Gasteiger partial charge in [-0.2, -0.15) is 0 Å². The van der Waals surface area contributed by atoms with Gasteiger partial charge in [0.25, 0.3) is 0 Å². The van der Waals surface area contributed by atoms with Crippen molar-refractivity contribution < 1.29 is 9.53 Å². The molecule has 1 aromatic carbocycles. The Morgan fingerprint density at radius 3 is 2.45 bits per heavy atom. The van der Waals surface area contributed by atoms with E-state index in [0.29, 0.717) is 6.61 Å². The van der Waals surface area contributed by atoms with Crippen molar-refractivity contribution in [1.29, 1.82) is 0 Å². The second kappa shape index (κ2) is 8.72. The van der Waals surface area contributed by atoms with Crippen LogP contribution < -0.4 is 5.32 Å². The maximum Gasteiger partial charge on any atom is 0.327 e. The Morgan fingerprint density at radius 1 is 1.30 bits per heavy atom. The molecule has 0 fully saturated rings. The predicted octanol–water partition coefficient (Wildman–Crippen LogP) is 2.00. The van der Waals surface area contributed by atoms with Gasteiger partial charge in [0.1, 0.15) is 6.04 Å². The number of hydrogen-bond donors (Lipinski definition) is 1. The largest absolute Gasteiger partial charge is 0.465 e. The normalized spacial score (nSPS) is 12.4. The van der Waals surface area contributed by atoms with Crippen molar-refractivity contribution in [2.75, 3.05) is 34.3 Å². The van der Waals surface area contributed by atoms with Crippen LogP contribution in [0.2, 0.25) is 0 Å². The van der Waals surface area contributed by atoms with Gasteiger partial charge in [0.15, 0.2) is 0 Å². The lowest BCUT2D eigenvalue weighted by atomic mass is 10.0. The highest BCUT2D eigenvalue weighted by molar-refractivity contribution is 5.77. The van der Waals surface area contributed by atoms with Gasteiger partial charge in [0.05, 0.1) is 6.61 Å². The average Bonchev–Trinajstić information content (AvgIpc) is 2.41. The molecule has 0 heterocycles. The Labute approximate surface area is 122 Å². The molecule has 1 atom stereocenters.